The van der Waals surface area contributed by atoms with Crippen molar-refractivity contribution >= 4 is 27.6 Å². The second-order valence-electron chi connectivity index (χ2n) is 2.90. The maximum Gasteiger partial charge on any atom is 0.154 e. The van der Waals surface area contributed by atoms with Gasteiger partial charge in [-0.1, -0.05) is 12.1 Å². The molecule has 0 fully saturated rings. The minimum Gasteiger partial charge on any atom is -0.246 e. The Morgan fingerprint density at radius 3 is 3.14 bits per heavy atom. The maximum atomic E-state index is 6.65. The molecular weight excluding hydrogens is 192 g/mol. The van der Waals surface area contributed by atoms with Gasteiger partial charge in [-0.25, -0.2) is 9.83 Å². The first-order valence-electron chi connectivity index (χ1n) is 4.20. The number of aryl methyl sites for hydroxylation is 1. The summed E-state index contributed by atoms with van der Waals surface area (Å²) in [6.07, 6.45) is 3.27. The smallest absolute Gasteiger partial charge is 0.154 e. The summed E-state index contributed by atoms with van der Waals surface area (Å²) in [5.74, 6) is 0. The van der Waals surface area contributed by atoms with Crippen molar-refractivity contribution in [3.05, 3.63) is 46.4 Å². The number of hydrogen-bond acceptors (Lipinski definition) is 2. The average molecular weight is 200 g/mol. The molecular formula is C11H8N2S. The van der Waals surface area contributed by atoms with E-state index < -0.39 is 0 Å². The third kappa shape index (κ3) is 1.66. The lowest BCUT2D eigenvalue weighted by molar-refractivity contribution is 1.35. The van der Waals surface area contributed by atoms with Crippen LogP contribution in [0.4, 0.5) is 0 Å². The molecule has 0 unspecified atom stereocenters. The van der Waals surface area contributed by atoms with Gasteiger partial charge in [0.15, 0.2) is 6.20 Å². The summed E-state index contributed by atoms with van der Waals surface area (Å²) in [4.78, 5) is 7.54. The molecule has 0 spiro atoms. The van der Waals surface area contributed by atoms with E-state index in [9.17, 15) is 0 Å². The molecule has 1 aromatic heterocycles. The van der Waals surface area contributed by atoms with Gasteiger partial charge < -0.3 is 0 Å². The molecule has 0 atom stereocenters. The zero-order valence-corrected chi connectivity index (χ0v) is 8.51. The Morgan fingerprint density at radius 1 is 1.50 bits per heavy atom. The molecule has 0 N–H and O–H groups in total. The SMILES string of the molecule is [C-]#[N+]C=Cc1ccc2nc(C)sc2c1. The van der Waals surface area contributed by atoms with E-state index in [2.05, 4.69) is 15.9 Å². The van der Waals surface area contributed by atoms with Crippen LogP contribution in [-0.2, 0) is 0 Å². The lowest BCUT2D eigenvalue weighted by atomic mass is 10.2. The summed E-state index contributed by atoms with van der Waals surface area (Å²) in [7, 11) is 0. The molecule has 0 amide bonds. The molecule has 0 radical (unpaired) electrons. The number of thiazole rings is 1. The number of fused-ring (bicyclic) bond motifs is 1. The molecule has 3 heteroatoms. The Bertz CT molecular complexity index is 532. The molecule has 0 saturated heterocycles. The molecule has 0 bridgehead atoms. The Kier molecular flexibility index (Phi) is 2.30. The minimum absolute atomic E-state index is 1.03. The molecule has 0 aliphatic carbocycles. The van der Waals surface area contributed by atoms with Crippen LogP contribution < -0.4 is 0 Å². The lowest BCUT2D eigenvalue weighted by Crippen LogP contribution is -1.71. The van der Waals surface area contributed by atoms with E-state index in [1.807, 2.05) is 25.1 Å². The highest BCUT2D eigenvalue weighted by Crippen LogP contribution is 2.22. The number of nitrogens with zero attached hydrogens (tertiary/aromatic N) is 2. The molecule has 14 heavy (non-hydrogen) atoms. The van der Waals surface area contributed by atoms with Crippen LogP contribution in [0, 0.1) is 13.5 Å². The number of benzene rings is 1. The highest BCUT2D eigenvalue weighted by molar-refractivity contribution is 7.18. The van der Waals surface area contributed by atoms with E-state index in [-0.39, 0.29) is 0 Å². The molecule has 0 aliphatic rings. The first kappa shape index (κ1) is 8.92. The van der Waals surface area contributed by atoms with Crippen LogP contribution in [0.2, 0.25) is 0 Å². The third-order valence-electron chi connectivity index (χ3n) is 1.86. The maximum absolute atomic E-state index is 6.65. The monoisotopic (exact) mass is 200 g/mol. The van der Waals surface area contributed by atoms with E-state index in [0.29, 0.717) is 0 Å². The van der Waals surface area contributed by atoms with Gasteiger partial charge in [-0.15, -0.1) is 11.3 Å². The Balaban J connectivity index is 2.51. The second kappa shape index (κ2) is 3.60. The van der Waals surface area contributed by atoms with E-state index in [0.717, 1.165) is 16.1 Å². The molecule has 0 saturated carbocycles. The highest BCUT2D eigenvalue weighted by Gasteiger charge is 1.99. The summed E-state index contributed by atoms with van der Waals surface area (Å²) in [6, 6.07) is 6.02. The summed E-state index contributed by atoms with van der Waals surface area (Å²) in [5.41, 5.74) is 2.09. The van der Waals surface area contributed by atoms with Crippen molar-refractivity contribution < 1.29 is 0 Å². The lowest BCUT2D eigenvalue weighted by Gasteiger charge is -1.91. The Hall–Kier alpha value is -1.66. The van der Waals surface area contributed by atoms with E-state index in [1.54, 1.807) is 11.3 Å². The van der Waals surface area contributed by atoms with Crippen LogP contribution in [0.3, 0.4) is 0 Å². The van der Waals surface area contributed by atoms with Gasteiger partial charge in [-0.3, -0.25) is 0 Å². The third-order valence-corrected chi connectivity index (χ3v) is 2.79. The van der Waals surface area contributed by atoms with Crippen LogP contribution in [0.5, 0.6) is 0 Å². The van der Waals surface area contributed by atoms with Gasteiger partial charge in [-0.05, 0) is 24.6 Å². The normalized spacial score (nSPS) is 10.9. The molecule has 0 aliphatic heterocycles. The van der Waals surface area contributed by atoms with Crippen LogP contribution in [0.1, 0.15) is 10.6 Å². The van der Waals surface area contributed by atoms with Gasteiger partial charge in [0, 0.05) is 0 Å². The number of hydrogen-bond donors (Lipinski definition) is 0. The van der Waals surface area contributed by atoms with Gasteiger partial charge in [0.25, 0.3) is 0 Å². The molecule has 1 heterocycles. The predicted molar refractivity (Wildman–Crippen MR) is 60.0 cm³/mol. The van der Waals surface area contributed by atoms with Crippen LogP contribution >= 0.6 is 11.3 Å². The fourth-order valence-corrected chi connectivity index (χ4v) is 2.16. The predicted octanol–water partition coefficient (Wildman–Crippen LogP) is 3.49. The van der Waals surface area contributed by atoms with Gasteiger partial charge in [0.2, 0.25) is 0 Å². The van der Waals surface area contributed by atoms with Crippen LogP contribution in [0.15, 0.2) is 24.4 Å². The first-order valence-corrected chi connectivity index (χ1v) is 5.01. The van der Waals surface area contributed by atoms with E-state index in [1.165, 1.54) is 10.9 Å². The minimum atomic E-state index is 1.03. The fourth-order valence-electron chi connectivity index (χ4n) is 1.28. The van der Waals surface area contributed by atoms with Crippen molar-refractivity contribution in [1.82, 2.24) is 4.98 Å². The summed E-state index contributed by atoms with van der Waals surface area (Å²) in [5, 5.41) is 1.08. The van der Waals surface area contributed by atoms with Crippen molar-refractivity contribution in [3.63, 3.8) is 0 Å². The largest absolute Gasteiger partial charge is 0.246 e. The van der Waals surface area contributed by atoms with Crippen molar-refractivity contribution in [1.29, 1.82) is 0 Å². The molecule has 1 aromatic carbocycles. The van der Waals surface area contributed by atoms with Crippen molar-refractivity contribution in [2.75, 3.05) is 0 Å². The Labute approximate surface area is 86.3 Å². The quantitative estimate of drug-likeness (QED) is 0.644. The highest BCUT2D eigenvalue weighted by atomic mass is 32.1. The topological polar surface area (TPSA) is 17.2 Å². The molecule has 2 nitrogen and oxygen atoms in total. The Morgan fingerprint density at radius 2 is 2.36 bits per heavy atom. The zero-order valence-electron chi connectivity index (χ0n) is 7.69. The van der Waals surface area contributed by atoms with Gasteiger partial charge in [-0.2, -0.15) is 0 Å². The molecule has 2 aromatic rings. The van der Waals surface area contributed by atoms with Crippen LogP contribution in [0.25, 0.3) is 21.1 Å². The number of aromatic nitrogens is 1. The van der Waals surface area contributed by atoms with Crippen molar-refractivity contribution in [2.45, 2.75) is 6.92 Å². The van der Waals surface area contributed by atoms with Gasteiger partial charge >= 0.3 is 0 Å². The molecule has 68 valence electrons. The average Bonchev–Trinajstić information content (AvgIpc) is 2.54. The van der Waals surface area contributed by atoms with Gasteiger partial charge in [0.1, 0.15) is 0 Å². The van der Waals surface area contributed by atoms with E-state index >= 15 is 0 Å². The summed E-state index contributed by atoms with van der Waals surface area (Å²) < 4.78 is 1.18. The number of rotatable bonds is 1. The zero-order chi connectivity index (χ0) is 9.97. The van der Waals surface area contributed by atoms with Gasteiger partial charge in [0.05, 0.1) is 21.8 Å². The summed E-state index contributed by atoms with van der Waals surface area (Å²) in [6.45, 7) is 8.65. The fraction of sp³-hybridized carbons (Fsp3) is 0.0909. The van der Waals surface area contributed by atoms with Crippen LogP contribution in [-0.4, -0.2) is 4.98 Å². The van der Waals surface area contributed by atoms with Crippen molar-refractivity contribution in [3.8, 4) is 0 Å². The first-order chi connectivity index (χ1) is 6.79. The standard InChI is InChI=1S/C11H8N2S/c1-8-13-10-4-3-9(5-6-12-2)7-11(10)14-8/h3-7H,1H3. The summed E-state index contributed by atoms with van der Waals surface area (Å²) >= 11 is 1.68. The van der Waals surface area contributed by atoms with Crippen molar-refractivity contribution in [2.24, 2.45) is 0 Å². The molecule has 2 rings (SSSR count). The second-order valence-corrected chi connectivity index (χ2v) is 4.14. The van der Waals surface area contributed by atoms with E-state index in [4.69, 9.17) is 6.57 Å².